The van der Waals surface area contributed by atoms with Gasteiger partial charge in [0, 0.05) is 49.1 Å². The highest BCUT2D eigenvalue weighted by Gasteiger charge is 2.29. The topological polar surface area (TPSA) is 67.8 Å². The van der Waals surface area contributed by atoms with Crippen molar-refractivity contribution in [3.8, 4) is 11.5 Å². The molecule has 1 unspecified atom stereocenters. The summed E-state index contributed by atoms with van der Waals surface area (Å²) in [6.07, 6.45) is 6.62. The lowest BCUT2D eigenvalue weighted by Crippen LogP contribution is -2.49. The number of benzene rings is 1. The van der Waals surface area contributed by atoms with Crippen LogP contribution in [0, 0.1) is 5.92 Å². The van der Waals surface area contributed by atoms with Crippen molar-refractivity contribution < 1.29 is 14.3 Å². The third kappa shape index (κ3) is 4.88. The SMILES string of the molecule is CCCCc1nc(N2CCN(C(=O)c3cc(OC)cc(OC)c3)CC2)c2c3c(sc2n1)CC(C)CC3. The first-order valence-electron chi connectivity index (χ1n) is 13.1. The van der Waals surface area contributed by atoms with Gasteiger partial charge in [-0.3, -0.25) is 4.79 Å². The van der Waals surface area contributed by atoms with Gasteiger partial charge in [0.15, 0.2) is 0 Å². The molecular weight excluding hydrogens is 472 g/mol. The minimum Gasteiger partial charge on any atom is -0.497 e. The maximum Gasteiger partial charge on any atom is 0.254 e. The van der Waals surface area contributed by atoms with Crippen LogP contribution < -0.4 is 14.4 Å². The molecule has 3 heterocycles. The van der Waals surface area contributed by atoms with Crippen molar-refractivity contribution in [2.24, 2.45) is 5.92 Å². The van der Waals surface area contributed by atoms with Gasteiger partial charge in [-0.15, -0.1) is 11.3 Å². The van der Waals surface area contributed by atoms with E-state index in [0.29, 0.717) is 30.2 Å². The molecule has 192 valence electrons. The average Bonchev–Trinajstić information content (AvgIpc) is 3.28. The van der Waals surface area contributed by atoms with Gasteiger partial charge in [0.1, 0.15) is 28.0 Å². The molecule has 0 N–H and O–H groups in total. The monoisotopic (exact) mass is 508 g/mol. The summed E-state index contributed by atoms with van der Waals surface area (Å²) < 4.78 is 10.7. The van der Waals surface area contributed by atoms with Crippen LogP contribution in [0.4, 0.5) is 5.82 Å². The zero-order valence-corrected chi connectivity index (χ0v) is 22.6. The molecule has 5 rings (SSSR count). The number of hydrogen-bond acceptors (Lipinski definition) is 7. The van der Waals surface area contributed by atoms with Gasteiger partial charge in [0.2, 0.25) is 0 Å². The smallest absolute Gasteiger partial charge is 0.254 e. The van der Waals surface area contributed by atoms with Crippen molar-refractivity contribution in [3.63, 3.8) is 0 Å². The van der Waals surface area contributed by atoms with E-state index in [1.54, 1.807) is 32.4 Å². The minimum atomic E-state index is 0.00483. The van der Waals surface area contributed by atoms with Crippen LogP contribution in [0.5, 0.6) is 11.5 Å². The summed E-state index contributed by atoms with van der Waals surface area (Å²) in [4.78, 5) is 30.4. The summed E-state index contributed by atoms with van der Waals surface area (Å²) >= 11 is 1.87. The molecule has 1 aromatic carbocycles. The number of anilines is 1. The Morgan fingerprint density at radius 3 is 2.47 bits per heavy atom. The second-order valence-electron chi connectivity index (χ2n) is 9.98. The molecule has 7 nitrogen and oxygen atoms in total. The standard InChI is InChI=1S/C28H36N4O3S/c1-5-6-7-24-29-26(25-22-9-8-18(2)14-23(22)36-27(25)30-24)31-10-12-32(13-11-31)28(33)19-15-20(34-3)17-21(16-19)35-4/h15-18H,5-14H2,1-4H3. The fourth-order valence-corrected chi connectivity index (χ4v) is 6.67. The second-order valence-corrected chi connectivity index (χ2v) is 11.1. The van der Waals surface area contributed by atoms with Crippen molar-refractivity contribution in [3.05, 3.63) is 40.0 Å². The number of amides is 1. The Labute approximate surface area is 217 Å². The lowest BCUT2D eigenvalue weighted by molar-refractivity contribution is 0.0746. The average molecular weight is 509 g/mol. The Morgan fingerprint density at radius 2 is 1.81 bits per heavy atom. The summed E-state index contributed by atoms with van der Waals surface area (Å²) in [5.74, 6) is 4.00. The van der Waals surface area contributed by atoms with Gasteiger partial charge in [-0.25, -0.2) is 9.97 Å². The van der Waals surface area contributed by atoms with Gasteiger partial charge in [-0.05, 0) is 49.3 Å². The van der Waals surface area contributed by atoms with E-state index in [0.717, 1.165) is 67.6 Å². The third-order valence-electron chi connectivity index (χ3n) is 7.40. The molecule has 36 heavy (non-hydrogen) atoms. The van der Waals surface area contributed by atoms with Crippen LogP contribution >= 0.6 is 11.3 Å². The molecular formula is C28H36N4O3S. The molecule has 2 aliphatic rings. The summed E-state index contributed by atoms with van der Waals surface area (Å²) in [5, 5.41) is 1.26. The number of aromatic nitrogens is 2. The number of carbonyl (C=O) groups is 1. The quantitative estimate of drug-likeness (QED) is 0.440. The Morgan fingerprint density at radius 1 is 1.08 bits per heavy atom. The zero-order chi connectivity index (χ0) is 25.2. The lowest BCUT2D eigenvalue weighted by Gasteiger charge is -2.36. The summed E-state index contributed by atoms with van der Waals surface area (Å²) in [6.45, 7) is 7.37. The Bertz CT molecular complexity index is 1230. The molecule has 1 aliphatic heterocycles. The van der Waals surface area contributed by atoms with Crippen LogP contribution in [0.25, 0.3) is 10.2 Å². The van der Waals surface area contributed by atoms with Gasteiger partial charge in [0.05, 0.1) is 19.6 Å². The molecule has 1 amide bonds. The van der Waals surface area contributed by atoms with Crippen molar-refractivity contribution in [1.29, 1.82) is 0 Å². The number of piperazine rings is 1. The Balaban J connectivity index is 1.40. The number of thiophene rings is 1. The van der Waals surface area contributed by atoms with Crippen LogP contribution in [-0.4, -0.2) is 61.2 Å². The van der Waals surface area contributed by atoms with Crippen LogP contribution in [0.1, 0.15) is 59.7 Å². The molecule has 1 aliphatic carbocycles. The number of aryl methyl sites for hydroxylation is 2. The third-order valence-corrected chi connectivity index (χ3v) is 8.55. The molecule has 0 saturated carbocycles. The number of carbonyl (C=O) groups excluding carboxylic acids is 1. The molecule has 0 bridgehead atoms. The largest absolute Gasteiger partial charge is 0.497 e. The molecule has 2 aromatic heterocycles. The van der Waals surface area contributed by atoms with Crippen molar-refractivity contribution in [1.82, 2.24) is 14.9 Å². The molecule has 0 spiro atoms. The van der Waals surface area contributed by atoms with E-state index in [1.807, 2.05) is 16.2 Å². The summed E-state index contributed by atoms with van der Waals surface area (Å²) in [6, 6.07) is 5.35. The molecule has 8 heteroatoms. The van der Waals surface area contributed by atoms with Crippen LogP contribution in [0.3, 0.4) is 0 Å². The van der Waals surface area contributed by atoms with Crippen LogP contribution in [0.15, 0.2) is 18.2 Å². The number of fused-ring (bicyclic) bond motifs is 3. The van der Waals surface area contributed by atoms with Gasteiger partial charge < -0.3 is 19.3 Å². The van der Waals surface area contributed by atoms with Crippen molar-refractivity contribution in [2.75, 3.05) is 45.3 Å². The Kier molecular flexibility index (Phi) is 7.32. The molecule has 1 saturated heterocycles. The fraction of sp³-hybridized carbons (Fsp3) is 0.536. The van der Waals surface area contributed by atoms with Crippen molar-refractivity contribution in [2.45, 2.75) is 52.4 Å². The number of nitrogens with zero attached hydrogens (tertiary/aromatic N) is 4. The zero-order valence-electron chi connectivity index (χ0n) is 21.8. The van der Waals surface area contributed by atoms with Crippen LogP contribution in [0.2, 0.25) is 0 Å². The maximum absolute atomic E-state index is 13.3. The number of methoxy groups -OCH3 is 2. The van der Waals surface area contributed by atoms with Crippen LogP contribution in [-0.2, 0) is 19.3 Å². The van der Waals surface area contributed by atoms with E-state index in [-0.39, 0.29) is 5.91 Å². The summed E-state index contributed by atoms with van der Waals surface area (Å²) in [7, 11) is 3.20. The van der Waals surface area contributed by atoms with E-state index in [1.165, 1.54) is 22.2 Å². The van der Waals surface area contributed by atoms with Gasteiger partial charge >= 0.3 is 0 Å². The summed E-state index contributed by atoms with van der Waals surface area (Å²) in [5.41, 5.74) is 2.05. The second kappa shape index (κ2) is 10.6. The van der Waals surface area contributed by atoms with Gasteiger partial charge in [-0.2, -0.15) is 0 Å². The predicted octanol–water partition coefficient (Wildman–Crippen LogP) is 5.14. The number of unbranched alkanes of at least 4 members (excludes halogenated alkanes) is 1. The molecule has 1 atom stereocenters. The molecule has 1 fully saturated rings. The highest BCUT2D eigenvalue weighted by atomic mass is 32.1. The Hall–Kier alpha value is -2.87. The molecule has 3 aromatic rings. The molecule has 0 radical (unpaired) electrons. The fourth-order valence-electron chi connectivity index (χ4n) is 5.28. The number of hydrogen-bond donors (Lipinski definition) is 0. The van der Waals surface area contributed by atoms with E-state index >= 15 is 0 Å². The highest BCUT2D eigenvalue weighted by molar-refractivity contribution is 7.19. The first-order valence-corrected chi connectivity index (χ1v) is 13.9. The minimum absolute atomic E-state index is 0.00483. The lowest BCUT2D eigenvalue weighted by atomic mass is 9.89. The first kappa shape index (κ1) is 24.8. The first-order chi connectivity index (χ1) is 17.5. The normalized spacial score (nSPS) is 17.8. The van der Waals surface area contributed by atoms with Crippen molar-refractivity contribution >= 4 is 33.3 Å². The van der Waals surface area contributed by atoms with E-state index < -0.39 is 0 Å². The van der Waals surface area contributed by atoms with E-state index in [2.05, 4.69) is 18.7 Å². The predicted molar refractivity (Wildman–Crippen MR) is 145 cm³/mol. The number of rotatable bonds is 7. The number of ether oxygens (including phenoxy) is 2. The van der Waals surface area contributed by atoms with E-state index in [4.69, 9.17) is 19.4 Å². The van der Waals surface area contributed by atoms with E-state index in [9.17, 15) is 4.79 Å². The maximum atomic E-state index is 13.3. The van der Waals surface area contributed by atoms with Gasteiger partial charge in [0.25, 0.3) is 5.91 Å². The highest BCUT2D eigenvalue weighted by Crippen LogP contribution is 2.41. The van der Waals surface area contributed by atoms with Gasteiger partial charge in [-0.1, -0.05) is 20.3 Å².